The maximum atomic E-state index is 11.6. The fourth-order valence-corrected chi connectivity index (χ4v) is 2.02. The molecule has 0 saturated heterocycles. The Balaban J connectivity index is 3.32. The van der Waals surface area contributed by atoms with Crippen molar-refractivity contribution in [3.8, 4) is 0 Å². The van der Waals surface area contributed by atoms with Gasteiger partial charge >= 0.3 is 5.97 Å². The minimum absolute atomic E-state index is 0.0353. The van der Waals surface area contributed by atoms with Gasteiger partial charge in [-0.3, -0.25) is 4.79 Å². The number of ether oxygens (including phenoxy) is 1. The van der Waals surface area contributed by atoms with Crippen molar-refractivity contribution in [3.63, 3.8) is 0 Å². The summed E-state index contributed by atoms with van der Waals surface area (Å²) in [6, 6.07) is 0.458. The lowest BCUT2D eigenvalue weighted by Gasteiger charge is -2.19. The van der Waals surface area contributed by atoms with Gasteiger partial charge in [-0.15, -0.1) is 0 Å². The number of hydrogen-bond donors (Lipinski definition) is 0. The van der Waals surface area contributed by atoms with Crippen molar-refractivity contribution in [3.05, 3.63) is 12.2 Å². The molecule has 1 unspecified atom stereocenters. The second-order valence-corrected chi connectivity index (χ2v) is 6.01. The lowest BCUT2D eigenvalue weighted by molar-refractivity contribution is -0.144. The number of carbonyl (C=O) groups is 1. The standard InChI is InChI=1S/C18H35NO2/c1-5-6-7-8-9-10-11-12-13-14-18(20)21-16-15-17(2)19(3)4/h6-7,17H,5,8-16H2,1-4H3/b7-6+. The molecule has 124 valence electrons. The highest BCUT2D eigenvalue weighted by atomic mass is 16.5. The van der Waals surface area contributed by atoms with Gasteiger partial charge < -0.3 is 9.64 Å². The van der Waals surface area contributed by atoms with Crippen LogP contribution in [0.4, 0.5) is 0 Å². The van der Waals surface area contributed by atoms with Gasteiger partial charge in [0.1, 0.15) is 0 Å². The Hall–Kier alpha value is -0.830. The lowest BCUT2D eigenvalue weighted by Crippen LogP contribution is -2.26. The van der Waals surface area contributed by atoms with Gasteiger partial charge in [-0.1, -0.05) is 38.3 Å². The fourth-order valence-electron chi connectivity index (χ4n) is 2.02. The summed E-state index contributed by atoms with van der Waals surface area (Å²) in [6.45, 7) is 4.85. The molecule has 0 bridgehead atoms. The average Bonchev–Trinajstić information content (AvgIpc) is 2.45. The highest BCUT2D eigenvalue weighted by molar-refractivity contribution is 5.69. The summed E-state index contributed by atoms with van der Waals surface area (Å²) in [5, 5.41) is 0. The van der Waals surface area contributed by atoms with Crippen LogP contribution < -0.4 is 0 Å². The van der Waals surface area contributed by atoms with E-state index in [2.05, 4.69) is 30.9 Å². The molecule has 0 aromatic heterocycles. The smallest absolute Gasteiger partial charge is 0.305 e. The molecule has 3 nitrogen and oxygen atoms in total. The summed E-state index contributed by atoms with van der Waals surface area (Å²) in [7, 11) is 4.09. The molecule has 0 N–H and O–H groups in total. The Kier molecular flexibility index (Phi) is 13.6. The molecule has 0 aliphatic rings. The van der Waals surface area contributed by atoms with Crippen LogP contribution in [0.2, 0.25) is 0 Å². The number of allylic oxidation sites excluding steroid dienone is 2. The van der Waals surface area contributed by atoms with Gasteiger partial charge in [0.25, 0.3) is 0 Å². The van der Waals surface area contributed by atoms with Gasteiger partial charge in [0.05, 0.1) is 6.61 Å². The lowest BCUT2D eigenvalue weighted by atomic mass is 10.1. The second-order valence-electron chi connectivity index (χ2n) is 6.01. The van der Waals surface area contributed by atoms with Gasteiger partial charge in [0.15, 0.2) is 0 Å². The third-order valence-electron chi connectivity index (χ3n) is 3.83. The Morgan fingerprint density at radius 2 is 1.76 bits per heavy atom. The first-order valence-corrected chi connectivity index (χ1v) is 8.55. The molecule has 0 radical (unpaired) electrons. The molecule has 0 amide bonds. The summed E-state index contributed by atoms with van der Waals surface area (Å²) < 4.78 is 5.26. The van der Waals surface area contributed by atoms with Crippen LogP contribution >= 0.6 is 0 Å². The first kappa shape index (κ1) is 20.2. The SMILES string of the molecule is CC/C=C/CCCCCCCC(=O)OCCC(C)N(C)C. The first-order chi connectivity index (χ1) is 10.1. The second kappa shape index (κ2) is 14.1. The van der Waals surface area contributed by atoms with Crippen molar-refractivity contribution in [2.75, 3.05) is 20.7 Å². The Morgan fingerprint density at radius 1 is 1.10 bits per heavy atom. The summed E-state index contributed by atoms with van der Waals surface area (Å²) in [4.78, 5) is 13.7. The largest absolute Gasteiger partial charge is 0.466 e. The Bertz CT molecular complexity index is 274. The zero-order valence-corrected chi connectivity index (χ0v) is 14.6. The fraction of sp³-hybridized carbons (Fsp3) is 0.833. The minimum Gasteiger partial charge on any atom is -0.466 e. The van der Waals surface area contributed by atoms with Crippen LogP contribution in [0.25, 0.3) is 0 Å². The van der Waals surface area contributed by atoms with Gasteiger partial charge in [-0.25, -0.2) is 0 Å². The number of esters is 1. The quantitative estimate of drug-likeness (QED) is 0.283. The van der Waals surface area contributed by atoms with Crippen molar-refractivity contribution in [1.29, 1.82) is 0 Å². The third kappa shape index (κ3) is 13.9. The Morgan fingerprint density at radius 3 is 2.43 bits per heavy atom. The zero-order chi connectivity index (χ0) is 15.9. The van der Waals surface area contributed by atoms with E-state index in [1.165, 1.54) is 25.7 Å². The van der Waals surface area contributed by atoms with E-state index >= 15 is 0 Å². The summed E-state index contributed by atoms with van der Waals surface area (Å²) in [5.41, 5.74) is 0. The summed E-state index contributed by atoms with van der Waals surface area (Å²) in [5.74, 6) is -0.0353. The number of hydrogen-bond acceptors (Lipinski definition) is 3. The third-order valence-corrected chi connectivity index (χ3v) is 3.83. The van der Waals surface area contributed by atoms with E-state index in [1.54, 1.807) is 0 Å². The van der Waals surface area contributed by atoms with Crippen LogP contribution in [-0.4, -0.2) is 37.6 Å². The van der Waals surface area contributed by atoms with Crippen molar-refractivity contribution in [2.24, 2.45) is 0 Å². The van der Waals surface area contributed by atoms with E-state index in [0.29, 0.717) is 19.1 Å². The van der Waals surface area contributed by atoms with E-state index in [0.717, 1.165) is 25.7 Å². The highest BCUT2D eigenvalue weighted by Gasteiger charge is 2.07. The number of nitrogens with zero attached hydrogens (tertiary/aromatic N) is 1. The molecule has 0 aliphatic heterocycles. The van der Waals surface area contributed by atoms with Crippen LogP contribution in [0, 0.1) is 0 Å². The van der Waals surface area contributed by atoms with Gasteiger partial charge in [-0.2, -0.15) is 0 Å². The van der Waals surface area contributed by atoms with E-state index in [9.17, 15) is 4.79 Å². The molecule has 0 aromatic carbocycles. The molecule has 0 saturated carbocycles. The molecule has 0 spiro atoms. The van der Waals surface area contributed by atoms with Gasteiger partial charge in [0, 0.05) is 12.5 Å². The minimum atomic E-state index is -0.0353. The van der Waals surface area contributed by atoms with Crippen LogP contribution in [-0.2, 0) is 9.53 Å². The van der Waals surface area contributed by atoms with E-state index in [1.807, 2.05) is 14.1 Å². The monoisotopic (exact) mass is 297 g/mol. The van der Waals surface area contributed by atoms with Crippen molar-refractivity contribution in [1.82, 2.24) is 4.90 Å². The highest BCUT2D eigenvalue weighted by Crippen LogP contribution is 2.08. The predicted molar refractivity (Wildman–Crippen MR) is 90.5 cm³/mol. The van der Waals surface area contributed by atoms with Crippen molar-refractivity contribution >= 4 is 5.97 Å². The maximum absolute atomic E-state index is 11.6. The molecule has 21 heavy (non-hydrogen) atoms. The molecule has 0 rings (SSSR count). The normalized spacial score (nSPS) is 13.0. The number of rotatable bonds is 13. The molecule has 0 aliphatic carbocycles. The summed E-state index contributed by atoms with van der Waals surface area (Å²) in [6.07, 6.45) is 14.2. The average molecular weight is 297 g/mol. The molecule has 0 heterocycles. The topological polar surface area (TPSA) is 29.5 Å². The maximum Gasteiger partial charge on any atom is 0.305 e. The summed E-state index contributed by atoms with van der Waals surface area (Å²) >= 11 is 0. The van der Waals surface area contributed by atoms with Gasteiger partial charge in [-0.05, 0) is 53.1 Å². The van der Waals surface area contributed by atoms with E-state index in [-0.39, 0.29) is 5.97 Å². The van der Waals surface area contributed by atoms with E-state index < -0.39 is 0 Å². The van der Waals surface area contributed by atoms with Crippen molar-refractivity contribution in [2.45, 2.75) is 77.7 Å². The number of unbranched alkanes of at least 4 members (excludes halogenated alkanes) is 5. The Labute approximate surface area is 131 Å². The van der Waals surface area contributed by atoms with Gasteiger partial charge in [0.2, 0.25) is 0 Å². The first-order valence-electron chi connectivity index (χ1n) is 8.55. The molecule has 0 aromatic rings. The van der Waals surface area contributed by atoms with Crippen molar-refractivity contribution < 1.29 is 9.53 Å². The molecule has 1 atom stereocenters. The molecular weight excluding hydrogens is 262 g/mol. The van der Waals surface area contributed by atoms with Crippen LogP contribution in [0.3, 0.4) is 0 Å². The molecule has 0 fully saturated rings. The number of carbonyl (C=O) groups excluding carboxylic acids is 1. The molecule has 3 heteroatoms. The zero-order valence-electron chi connectivity index (χ0n) is 14.6. The molecular formula is C18H35NO2. The van der Waals surface area contributed by atoms with E-state index in [4.69, 9.17) is 4.74 Å². The predicted octanol–water partition coefficient (Wildman–Crippen LogP) is 4.57. The van der Waals surface area contributed by atoms with Crippen LogP contribution in [0.15, 0.2) is 12.2 Å². The van der Waals surface area contributed by atoms with Crippen LogP contribution in [0.1, 0.15) is 71.6 Å². The van der Waals surface area contributed by atoms with Crippen LogP contribution in [0.5, 0.6) is 0 Å².